The molecule has 28 heavy (non-hydrogen) atoms. The highest BCUT2D eigenvalue weighted by molar-refractivity contribution is 7.89. The lowest BCUT2D eigenvalue weighted by atomic mass is 10.1. The van der Waals surface area contributed by atoms with Crippen molar-refractivity contribution in [2.24, 2.45) is 5.92 Å². The van der Waals surface area contributed by atoms with Crippen LogP contribution in [0.25, 0.3) is 0 Å². The number of nitrogens with zero attached hydrogens (tertiary/aromatic N) is 2. The monoisotopic (exact) mass is 421 g/mol. The minimum absolute atomic E-state index is 0.216. The first kappa shape index (κ1) is 21.0. The molecule has 2 aromatic rings. The summed E-state index contributed by atoms with van der Waals surface area (Å²) in [5, 5.41) is 3.77. The summed E-state index contributed by atoms with van der Waals surface area (Å²) >= 11 is 1.40. The van der Waals surface area contributed by atoms with E-state index in [4.69, 9.17) is 0 Å². The van der Waals surface area contributed by atoms with Crippen LogP contribution in [0.5, 0.6) is 0 Å². The Morgan fingerprint density at radius 1 is 1.25 bits per heavy atom. The molecule has 1 aliphatic rings. The maximum atomic E-state index is 12.9. The maximum Gasteiger partial charge on any atom is 0.267 e. The molecule has 0 spiro atoms. The number of anilines is 1. The van der Waals surface area contributed by atoms with E-state index in [9.17, 15) is 13.2 Å². The molecule has 1 aromatic carbocycles. The van der Waals surface area contributed by atoms with Gasteiger partial charge in [-0.05, 0) is 43.9 Å². The van der Waals surface area contributed by atoms with E-state index < -0.39 is 10.0 Å². The number of aromatic nitrogens is 1. The average Bonchev–Trinajstić information content (AvgIpc) is 3.02. The number of nitrogens with one attached hydrogen (secondary N) is 1. The molecule has 1 aliphatic heterocycles. The number of thiazole rings is 1. The molecule has 1 amide bonds. The summed E-state index contributed by atoms with van der Waals surface area (Å²) < 4.78 is 27.3. The minimum Gasteiger partial charge on any atom is -0.321 e. The molecule has 2 heterocycles. The molecule has 0 saturated carbocycles. The number of carbonyl (C=O) groups is 1. The Balaban J connectivity index is 1.77. The molecule has 152 valence electrons. The predicted molar refractivity (Wildman–Crippen MR) is 112 cm³/mol. The molecule has 6 nitrogen and oxygen atoms in total. The van der Waals surface area contributed by atoms with Crippen molar-refractivity contribution in [3.63, 3.8) is 0 Å². The van der Waals surface area contributed by atoms with Crippen molar-refractivity contribution < 1.29 is 13.2 Å². The van der Waals surface area contributed by atoms with Crippen LogP contribution in [0.15, 0.2) is 29.2 Å². The van der Waals surface area contributed by atoms with Crippen molar-refractivity contribution in [1.82, 2.24) is 9.29 Å². The third-order valence-electron chi connectivity index (χ3n) is 4.67. The Bertz CT molecular complexity index is 945. The smallest absolute Gasteiger partial charge is 0.267 e. The van der Waals surface area contributed by atoms with Crippen molar-refractivity contribution >= 4 is 33.0 Å². The first-order valence-electron chi connectivity index (χ1n) is 9.65. The second-order valence-electron chi connectivity index (χ2n) is 7.57. The number of piperidine rings is 1. The molecule has 3 rings (SSSR count). The Hall–Kier alpha value is -1.77. The highest BCUT2D eigenvalue weighted by Crippen LogP contribution is 2.25. The van der Waals surface area contributed by atoms with Gasteiger partial charge >= 0.3 is 0 Å². The van der Waals surface area contributed by atoms with Gasteiger partial charge in [0.2, 0.25) is 10.0 Å². The van der Waals surface area contributed by atoms with Crippen molar-refractivity contribution in [1.29, 1.82) is 0 Å². The van der Waals surface area contributed by atoms with E-state index in [0.29, 0.717) is 35.3 Å². The van der Waals surface area contributed by atoms with Gasteiger partial charge in [0.05, 0.1) is 15.6 Å². The highest BCUT2D eigenvalue weighted by atomic mass is 32.2. The highest BCUT2D eigenvalue weighted by Gasteiger charge is 2.26. The van der Waals surface area contributed by atoms with E-state index in [1.165, 1.54) is 21.7 Å². The summed E-state index contributed by atoms with van der Waals surface area (Å²) in [4.78, 5) is 18.0. The fourth-order valence-corrected chi connectivity index (χ4v) is 6.01. The van der Waals surface area contributed by atoms with Gasteiger partial charge in [0.25, 0.3) is 5.91 Å². The number of benzene rings is 1. The first-order chi connectivity index (χ1) is 13.3. The zero-order chi connectivity index (χ0) is 20.3. The average molecular weight is 422 g/mol. The quantitative estimate of drug-likeness (QED) is 0.762. The van der Waals surface area contributed by atoms with Crippen LogP contribution >= 0.6 is 11.3 Å². The van der Waals surface area contributed by atoms with Gasteiger partial charge in [-0.25, -0.2) is 13.4 Å². The normalized spacial score (nSPS) is 15.7. The molecule has 0 unspecified atom stereocenters. The van der Waals surface area contributed by atoms with Gasteiger partial charge in [0.15, 0.2) is 0 Å². The Kier molecular flexibility index (Phi) is 6.52. The Morgan fingerprint density at radius 2 is 1.96 bits per heavy atom. The lowest BCUT2D eigenvalue weighted by Gasteiger charge is -2.26. The van der Waals surface area contributed by atoms with Crippen LogP contribution in [0, 0.1) is 12.8 Å². The molecule has 0 radical (unpaired) electrons. The van der Waals surface area contributed by atoms with Crippen LogP contribution in [-0.4, -0.2) is 36.7 Å². The molecule has 8 heteroatoms. The lowest BCUT2D eigenvalue weighted by Crippen LogP contribution is -2.35. The second kappa shape index (κ2) is 8.71. The number of amides is 1. The van der Waals surface area contributed by atoms with Gasteiger partial charge in [0.1, 0.15) is 4.88 Å². The van der Waals surface area contributed by atoms with E-state index in [-0.39, 0.29) is 10.8 Å². The molecule has 0 atom stereocenters. The van der Waals surface area contributed by atoms with Crippen molar-refractivity contribution in [3.8, 4) is 0 Å². The zero-order valence-electron chi connectivity index (χ0n) is 16.6. The molecule has 1 aromatic heterocycles. The van der Waals surface area contributed by atoms with Crippen LogP contribution in [0.4, 0.5) is 5.69 Å². The molecule has 1 fully saturated rings. The van der Waals surface area contributed by atoms with Crippen LogP contribution < -0.4 is 5.32 Å². The molecular formula is C20H27N3O3S2. The van der Waals surface area contributed by atoms with Crippen molar-refractivity contribution in [2.75, 3.05) is 18.4 Å². The van der Waals surface area contributed by atoms with E-state index in [0.717, 1.165) is 30.7 Å². The largest absolute Gasteiger partial charge is 0.321 e. The fourth-order valence-electron chi connectivity index (χ4n) is 3.28. The number of rotatable bonds is 6. The van der Waals surface area contributed by atoms with E-state index in [1.807, 2.05) is 6.92 Å². The first-order valence-corrected chi connectivity index (χ1v) is 11.9. The third-order valence-corrected chi connectivity index (χ3v) is 7.75. The van der Waals surface area contributed by atoms with Gasteiger partial charge < -0.3 is 5.32 Å². The van der Waals surface area contributed by atoms with Crippen LogP contribution in [0.2, 0.25) is 0 Å². The Morgan fingerprint density at radius 3 is 2.64 bits per heavy atom. The predicted octanol–water partition coefficient (Wildman–Crippen LogP) is 4.08. The number of hydrogen-bond acceptors (Lipinski definition) is 5. The topological polar surface area (TPSA) is 79.4 Å². The molecule has 1 saturated heterocycles. The molecular weight excluding hydrogens is 394 g/mol. The zero-order valence-corrected chi connectivity index (χ0v) is 18.2. The van der Waals surface area contributed by atoms with E-state index >= 15 is 0 Å². The standard InChI is InChI=1S/C20H27N3O3S2/c1-14(2)12-18-21-15(3)19(27-18)20(24)22-16-8-7-9-17(13-16)28(25,26)23-10-5-4-6-11-23/h7-9,13-14H,4-6,10-12H2,1-3H3,(H,22,24). The Labute approximate surface area is 171 Å². The minimum atomic E-state index is -3.53. The van der Waals surface area contributed by atoms with E-state index in [1.54, 1.807) is 18.2 Å². The number of carbonyl (C=O) groups excluding carboxylic acids is 1. The van der Waals surface area contributed by atoms with Crippen molar-refractivity contribution in [2.45, 2.75) is 51.3 Å². The lowest BCUT2D eigenvalue weighted by molar-refractivity contribution is 0.102. The van der Waals surface area contributed by atoms with E-state index in [2.05, 4.69) is 24.1 Å². The molecule has 0 aliphatic carbocycles. The fraction of sp³-hybridized carbons (Fsp3) is 0.500. The summed E-state index contributed by atoms with van der Waals surface area (Å²) in [6.07, 6.45) is 3.68. The SMILES string of the molecule is Cc1nc(CC(C)C)sc1C(=O)Nc1cccc(S(=O)(=O)N2CCCCC2)c1. The summed E-state index contributed by atoms with van der Waals surface area (Å²) in [6, 6.07) is 6.49. The van der Waals surface area contributed by atoms with Crippen LogP contribution in [0.1, 0.15) is 53.5 Å². The number of sulfonamides is 1. The summed E-state index contributed by atoms with van der Waals surface area (Å²) in [7, 11) is -3.53. The summed E-state index contributed by atoms with van der Waals surface area (Å²) in [6.45, 7) is 7.16. The number of aryl methyl sites for hydroxylation is 1. The third kappa shape index (κ3) is 4.79. The summed E-state index contributed by atoms with van der Waals surface area (Å²) in [5.74, 6) is 0.218. The summed E-state index contributed by atoms with van der Waals surface area (Å²) in [5.41, 5.74) is 1.18. The van der Waals surface area contributed by atoms with Crippen LogP contribution in [-0.2, 0) is 16.4 Å². The van der Waals surface area contributed by atoms with Gasteiger partial charge in [-0.2, -0.15) is 4.31 Å². The van der Waals surface area contributed by atoms with Gasteiger partial charge in [-0.3, -0.25) is 4.79 Å². The van der Waals surface area contributed by atoms with Gasteiger partial charge in [0, 0.05) is 25.2 Å². The van der Waals surface area contributed by atoms with Gasteiger partial charge in [-0.15, -0.1) is 11.3 Å². The molecule has 1 N–H and O–H groups in total. The van der Waals surface area contributed by atoms with Crippen LogP contribution in [0.3, 0.4) is 0 Å². The van der Waals surface area contributed by atoms with Crippen molar-refractivity contribution in [3.05, 3.63) is 39.8 Å². The maximum absolute atomic E-state index is 12.9. The second-order valence-corrected chi connectivity index (χ2v) is 10.6. The molecule has 0 bridgehead atoms. The van der Waals surface area contributed by atoms with Gasteiger partial charge in [-0.1, -0.05) is 26.3 Å². The number of hydrogen-bond donors (Lipinski definition) is 1.